The van der Waals surface area contributed by atoms with E-state index >= 15 is 0 Å². The molecule has 2 heterocycles. The van der Waals surface area contributed by atoms with Gasteiger partial charge in [-0.3, -0.25) is 0 Å². The maximum atomic E-state index is 4.08. The zero-order chi connectivity index (χ0) is 9.26. The molecular formula is C9H12N4. The summed E-state index contributed by atoms with van der Waals surface area (Å²) in [4.78, 5) is 0. The number of aromatic nitrogens is 4. The van der Waals surface area contributed by atoms with Crippen molar-refractivity contribution >= 4 is 0 Å². The molecule has 0 spiro atoms. The molecule has 0 bridgehead atoms. The summed E-state index contributed by atoms with van der Waals surface area (Å²) in [5, 5.41) is 8.08. The maximum absolute atomic E-state index is 4.08. The van der Waals surface area contributed by atoms with E-state index in [4.69, 9.17) is 0 Å². The van der Waals surface area contributed by atoms with Crippen LogP contribution in [0, 0.1) is 6.92 Å². The van der Waals surface area contributed by atoms with Crippen LogP contribution in [0.4, 0.5) is 0 Å². The van der Waals surface area contributed by atoms with Crippen LogP contribution in [-0.4, -0.2) is 19.3 Å². The van der Waals surface area contributed by atoms with Crippen molar-refractivity contribution in [2.24, 2.45) is 7.05 Å². The van der Waals surface area contributed by atoms with Gasteiger partial charge >= 0.3 is 0 Å². The molecule has 0 radical (unpaired) electrons. The molecule has 0 unspecified atom stereocenters. The van der Waals surface area contributed by atoms with E-state index in [0.717, 1.165) is 18.2 Å². The van der Waals surface area contributed by atoms with Crippen LogP contribution in [0.15, 0.2) is 24.5 Å². The quantitative estimate of drug-likeness (QED) is 0.683. The molecule has 2 aromatic heterocycles. The average molecular weight is 176 g/mol. The zero-order valence-corrected chi connectivity index (χ0v) is 7.81. The Labute approximate surface area is 76.8 Å². The Morgan fingerprint density at radius 1 is 1.23 bits per heavy atom. The highest BCUT2D eigenvalue weighted by Gasteiger charge is 2.03. The summed E-state index contributed by atoms with van der Waals surface area (Å²) in [6, 6.07) is 4.01. The fourth-order valence-corrected chi connectivity index (χ4v) is 1.23. The molecule has 0 aliphatic rings. The van der Waals surface area contributed by atoms with Crippen molar-refractivity contribution in [1.29, 1.82) is 0 Å². The zero-order valence-electron chi connectivity index (χ0n) is 7.81. The van der Waals surface area contributed by atoms with Crippen molar-refractivity contribution in [3.63, 3.8) is 0 Å². The van der Waals surface area contributed by atoms with E-state index in [1.54, 1.807) is 0 Å². The van der Waals surface area contributed by atoms with Gasteiger partial charge in [0.2, 0.25) is 0 Å². The van der Waals surface area contributed by atoms with Crippen molar-refractivity contribution in [2.45, 2.75) is 13.5 Å². The van der Waals surface area contributed by atoms with Gasteiger partial charge in [-0.2, -0.15) is 0 Å². The largest absolute Gasteiger partial charge is 0.347 e. The number of aryl methyl sites for hydroxylation is 1. The molecule has 68 valence electrons. The summed E-state index contributed by atoms with van der Waals surface area (Å²) in [6.45, 7) is 2.73. The molecule has 0 saturated carbocycles. The summed E-state index contributed by atoms with van der Waals surface area (Å²) in [5.74, 6) is 1.93. The molecule has 0 aliphatic carbocycles. The summed E-state index contributed by atoms with van der Waals surface area (Å²) < 4.78 is 4.07. The average Bonchev–Trinajstić information content (AvgIpc) is 2.71. The lowest BCUT2D eigenvalue weighted by Gasteiger charge is -2.02. The van der Waals surface area contributed by atoms with E-state index < -0.39 is 0 Å². The Morgan fingerprint density at radius 2 is 1.92 bits per heavy atom. The first-order chi connectivity index (χ1) is 6.27. The van der Waals surface area contributed by atoms with Gasteiger partial charge in [0.1, 0.15) is 5.82 Å². The highest BCUT2D eigenvalue weighted by molar-refractivity contribution is 4.97. The van der Waals surface area contributed by atoms with Gasteiger partial charge in [-0.1, -0.05) is 0 Å². The number of hydrogen-bond donors (Lipinski definition) is 0. The van der Waals surface area contributed by atoms with Crippen LogP contribution >= 0.6 is 0 Å². The molecule has 0 amide bonds. The Kier molecular flexibility index (Phi) is 1.88. The minimum absolute atomic E-state index is 0.782. The normalized spacial score (nSPS) is 10.6. The molecule has 0 N–H and O–H groups in total. The van der Waals surface area contributed by atoms with Crippen LogP contribution < -0.4 is 0 Å². The van der Waals surface area contributed by atoms with Crippen molar-refractivity contribution in [3.8, 4) is 0 Å². The van der Waals surface area contributed by atoms with E-state index in [2.05, 4.69) is 14.8 Å². The third-order valence-corrected chi connectivity index (χ3v) is 2.17. The summed E-state index contributed by atoms with van der Waals surface area (Å²) in [6.07, 6.45) is 4.04. The number of hydrogen-bond acceptors (Lipinski definition) is 2. The molecule has 0 fully saturated rings. The highest BCUT2D eigenvalue weighted by Crippen LogP contribution is 2.00. The van der Waals surface area contributed by atoms with Gasteiger partial charge in [0.25, 0.3) is 0 Å². The molecular weight excluding hydrogens is 164 g/mol. The lowest BCUT2D eigenvalue weighted by molar-refractivity contribution is 0.694. The van der Waals surface area contributed by atoms with Crippen molar-refractivity contribution in [2.75, 3.05) is 0 Å². The second-order valence-electron chi connectivity index (χ2n) is 3.08. The third-order valence-electron chi connectivity index (χ3n) is 2.17. The second-order valence-corrected chi connectivity index (χ2v) is 3.08. The third kappa shape index (κ3) is 1.47. The molecule has 2 aromatic rings. The van der Waals surface area contributed by atoms with Crippen LogP contribution in [0.1, 0.15) is 11.6 Å². The van der Waals surface area contributed by atoms with Gasteiger partial charge < -0.3 is 9.13 Å². The first-order valence-corrected chi connectivity index (χ1v) is 4.23. The van der Waals surface area contributed by atoms with Gasteiger partial charge in [-0.25, -0.2) is 0 Å². The Bertz CT molecular complexity index is 386. The minimum atomic E-state index is 0.782. The van der Waals surface area contributed by atoms with Crippen molar-refractivity contribution in [1.82, 2.24) is 19.3 Å². The molecule has 0 aromatic carbocycles. The smallest absolute Gasteiger partial charge is 0.152 e. The predicted molar refractivity (Wildman–Crippen MR) is 49.3 cm³/mol. The van der Waals surface area contributed by atoms with Crippen LogP contribution in [0.2, 0.25) is 0 Å². The number of nitrogens with zero attached hydrogens (tertiary/aromatic N) is 4. The van der Waals surface area contributed by atoms with Crippen LogP contribution in [0.3, 0.4) is 0 Å². The minimum Gasteiger partial charge on any atom is -0.347 e. The van der Waals surface area contributed by atoms with Gasteiger partial charge in [-0.05, 0) is 19.1 Å². The SMILES string of the molecule is Cc1nnc(Cn2cccc2)n1C. The first-order valence-electron chi connectivity index (χ1n) is 4.23. The van der Waals surface area contributed by atoms with Crippen molar-refractivity contribution < 1.29 is 0 Å². The maximum Gasteiger partial charge on any atom is 0.152 e. The van der Waals surface area contributed by atoms with Gasteiger partial charge in [0.05, 0.1) is 6.54 Å². The fraction of sp³-hybridized carbons (Fsp3) is 0.333. The molecule has 2 rings (SSSR count). The molecule has 0 aliphatic heterocycles. The Balaban J connectivity index is 2.24. The molecule has 4 nitrogen and oxygen atoms in total. The van der Waals surface area contributed by atoms with E-state index in [-0.39, 0.29) is 0 Å². The summed E-state index contributed by atoms with van der Waals surface area (Å²) in [7, 11) is 1.98. The highest BCUT2D eigenvalue weighted by atomic mass is 15.3. The fourth-order valence-electron chi connectivity index (χ4n) is 1.23. The second kappa shape index (κ2) is 3.05. The predicted octanol–water partition coefficient (Wildman–Crippen LogP) is 0.973. The van der Waals surface area contributed by atoms with Crippen LogP contribution in [0.25, 0.3) is 0 Å². The molecule has 4 heteroatoms. The van der Waals surface area contributed by atoms with Crippen LogP contribution in [0.5, 0.6) is 0 Å². The molecule has 0 saturated heterocycles. The van der Waals surface area contributed by atoms with E-state index in [1.807, 2.05) is 43.1 Å². The van der Waals surface area contributed by atoms with E-state index in [9.17, 15) is 0 Å². The van der Waals surface area contributed by atoms with Crippen LogP contribution in [-0.2, 0) is 13.6 Å². The van der Waals surface area contributed by atoms with Crippen molar-refractivity contribution in [3.05, 3.63) is 36.2 Å². The summed E-state index contributed by atoms with van der Waals surface area (Å²) >= 11 is 0. The van der Waals surface area contributed by atoms with Gasteiger partial charge in [0, 0.05) is 19.4 Å². The Hall–Kier alpha value is -1.58. The summed E-state index contributed by atoms with van der Waals surface area (Å²) in [5.41, 5.74) is 0. The van der Waals surface area contributed by atoms with Gasteiger partial charge in [-0.15, -0.1) is 10.2 Å². The standard InChI is InChI=1S/C9H12N4/c1-8-10-11-9(12(8)2)7-13-5-3-4-6-13/h3-6H,7H2,1-2H3. The lowest BCUT2D eigenvalue weighted by atomic mass is 10.5. The topological polar surface area (TPSA) is 35.6 Å². The van der Waals surface area contributed by atoms with Gasteiger partial charge in [0.15, 0.2) is 5.82 Å². The number of rotatable bonds is 2. The van der Waals surface area contributed by atoms with E-state index in [1.165, 1.54) is 0 Å². The Morgan fingerprint density at radius 3 is 2.46 bits per heavy atom. The monoisotopic (exact) mass is 176 g/mol. The van der Waals surface area contributed by atoms with E-state index in [0.29, 0.717) is 0 Å². The molecule has 13 heavy (non-hydrogen) atoms. The molecule has 0 atom stereocenters. The first kappa shape index (κ1) is 8.04. The lowest BCUT2D eigenvalue weighted by Crippen LogP contribution is -2.04.